The maximum atomic E-state index is 11.4. The lowest BCUT2D eigenvalue weighted by molar-refractivity contribution is 0.0600. The molecule has 0 amide bonds. The highest BCUT2D eigenvalue weighted by Crippen LogP contribution is 2.19. The molecule has 0 aliphatic rings. The van der Waals surface area contributed by atoms with Crippen LogP contribution in [0.25, 0.3) is 11.0 Å². The zero-order chi connectivity index (χ0) is 15.5. The second-order valence-electron chi connectivity index (χ2n) is 4.83. The van der Waals surface area contributed by atoms with Crippen LogP contribution in [0, 0.1) is 0 Å². The Labute approximate surface area is 127 Å². The van der Waals surface area contributed by atoms with E-state index in [4.69, 9.17) is 0 Å². The summed E-state index contributed by atoms with van der Waals surface area (Å²) in [5.41, 5.74) is 3.36. The number of para-hydroxylation sites is 2. The van der Waals surface area contributed by atoms with E-state index in [2.05, 4.69) is 14.7 Å². The fourth-order valence-corrected chi connectivity index (χ4v) is 2.20. The van der Waals surface area contributed by atoms with E-state index in [9.17, 15) is 4.79 Å². The molecule has 0 unspecified atom stereocenters. The number of methoxy groups -OCH3 is 1. The van der Waals surface area contributed by atoms with Crippen molar-refractivity contribution in [1.82, 2.24) is 9.55 Å². The van der Waals surface area contributed by atoms with Gasteiger partial charge < -0.3 is 9.30 Å². The number of rotatable bonds is 3. The van der Waals surface area contributed by atoms with Crippen molar-refractivity contribution in [3.05, 3.63) is 59.7 Å². The van der Waals surface area contributed by atoms with Gasteiger partial charge in [0, 0.05) is 13.3 Å². The van der Waals surface area contributed by atoms with E-state index in [1.807, 2.05) is 48.0 Å². The number of hydrogen-bond acceptors (Lipinski definition) is 4. The third-order valence-corrected chi connectivity index (χ3v) is 3.42. The van der Waals surface area contributed by atoms with Crippen molar-refractivity contribution in [3.8, 4) is 0 Å². The molecule has 0 saturated heterocycles. The Morgan fingerprint density at radius 3 is 2.59 bits per heavy atom. The molecule has 0 bridgehead atoms. The Morgan fingerprint density at radius 2 is 1.91 bits per heavy atom. The topological polar surface area (TPSA) is 56.5 Å². The summed E-state index contributed by atoms with van der Waals surface area (Å²) in [5.74, 6) is 0.289. The summed E-state index contributed by atoms with van der Waals surface area (Å²) >= 11 is 0. The Morgan fingerprint density at radius 1 is 1.18 bits per heavy atom. The van der Waals surface area contributed by atoms with Crippen LogP contribution in [0.3, 0.4) is 0 Å². The Balaban J connectivity index is 1.86. The highest BCUT2D eigenvalue weighted by Gasteiger charge is 2.05. The predicted molar refractivity (Wildman–Crippen MR) is 85.7 cm³/mol. The largest absolute Gasteiger partial charge is 0.465 e. The SMILES string of the molecule is COC(=O)c1ccc(/C=N/c2nc3ccccc3n2C)cc1. The molecule has 0 radical (unpaired) electrons. The van der Waals surface area contributed by atoms with Gasteiger partial charge in [-0.3, -0.25) is 0 Å². The van der Waals surface area contributed by atoms with Gasteiger partial charge in [-0.05, 0) is 29.8 Å². The highest BCUT2D eigenvalue weighted by atomic mass is 16.5. The van der Waals surface area contributed by atoms with E-state index in [-0.39, 0.29) is 5.97 Å². The lowest BCUT2D eigenvalue weighted by atomic mass is 10.1. The maximum absolute atomic E-state index is 11.4. The number of benzene rings is 2. The molecular weight excluding hydrogens is 278 g/mol. The number of carbonyl (C=O) groups excluding carboxylic acids is 1. The number of aliphatic imine (C=N–C) groups is 1. The van der Waals surface area contributed by atoms with Crippen molar-refractivity contribution < 1.29 is 9.53 Å². The van der Waals surface area contributed by atoms with Crippen molar-refractivity contribution in [2.24, 2.45) is 12.0 Å². The van der Waals surface area contributed by atoms with Crippen LogP contribution in [0.5, 0.6) is 0 Å². The minimum absolute atomic E-state index is 0.348. The molecule has 3 rings (SSSR count). The number of imidazole rings is 1. The first-order valence-corrected chi connectivity index (χ1v) is 6.83. The second kappa shape index (κ2) is 5.81. The normalized spacial score (nSPS) is 11.2. The van der Waals surface area contributed by atoms with Gasteiger partial charge in [-0.1, -0.05) is 24.3 Å². The van der Waals surface area contributed by atoms with Crippen molar-refractivity contribution >= 4 is 29.2 Å². The van der Waals surface area contributed by atoms with E-state index in [1.165, 1.54) is 7.11 Å². The zero-order valence-corrected chi connectivity index (χ0v) is 12.4. The molecule has 0 atom stereocenters. The molecule has 0 saturated carbocycles. The standard InChI is InChI=1S/C17H15N3O2/c1-20-15-6-4-3-5-14(15)19-17(20)18-11-12-7-9-13(10-8-12)16(21)22-2/h3-11H,1-2H3/b18-11+. The van der Waals surface area contributed by atoms with Gasteiger partial charge in [-0.15, -0.1) is 0 Å². The first kappa shape index (κ1) is 14.0. The summed E-state index contributed by atoms with van der Waals surface area (Å²) in [6.45, 7) is 0. The van der Waals surface area contributed by atoms with Crippen LogP contribution < -0.4 is 0 Å². The molecule has 0 N–H and O–H groups in total. The molecule has 110 valence electrons. The van der Waals surface area contributed by atoms with Crippen molar-refractivity contribution in [1.29, 1.82) is 0 Å². The molecule has 0 fully saturated rings. The summed E-state index contributed by atoms with van der Waals surface area (Å²) in [6, 6.07) is 14.9. The third-order valence-electron chi connectivity index (χ3n) is 3.42. The van der Waals surface area contributed by atoms with Crippen LogP contribution >= 0.6 is 0 Å². The molecular formula is C17H15N3O2. The minimum atomic E-state index is -0.348. The molecule has 1 heterocycles. The number of aryl methyl sites for hydroxylation is 1. The van der Waals surface area contributed by atoms with Crippen LogP contribution in [-0.4, -0.2) is 28.8 Å². The lowest BCUT2D eigenvalue weighted by Gasteiger charge is -1.99. The quantitative estimate of drug-likeness (QED) is 0.550. The van der Waals surface area contributed by atoms with Gasteiger partial charge in [0.15, 0.2) is 0 Å². The molecule has 5 heteroatoms. The van der Waals surface area contributed by atoms with Crippen LogP contribution in [-0.2, 0) is 11.8 Å². The fourth-order valence-electron chi connectivity index (χ4n) is 2.20. The Kier molecular flexibility index (Phi) is 3.70. The number of fused-ring (bicyclic) bond motifs is 1. The number of ether oxygens (including phenoxy) is 1. The summed E-state index contributed by atoms with van der Waals surface area (Å²) in [6.07, 6.45) is 1.72. The van der Waals surface area contributed by atoms with E-state index >= 15 is 0 Å². The van der Waals surface area contributed by atoms with Crippen molar-refractivity contribution in [2.45, 2.75) is 0 Å². The first-order valence-electron chi connectivity index (χ1n) is 6.83. The van der Waals surface area contributed by atoms with E-state index in [1.54, 1.807) is 18.3 Å². The average molecular weight is 293 g/mol. The lowest BCUT2D eigenvalue weighted by Crippen LogP contribution is -2.00. The van der Waals surface area contributed by atoms with Crippen molar-refractivity contribution in [2.75, 3.05) is 7.11 Å². The molecule has 0 aliphatic carbocycles. The minimum Gasteiger partial charge on any atom is -0.465 e. The Bertz CT molecular complexity index is 848. The van der Waals surface area contributed by atoms with E-state index in [0.29, 0.717) is 11.5 Å². The van der Waals surface area contributed by atoms with Crippen molar-refractivity contribution in [3.63, 3.8) is 0 Å². The molecule has 5 nitrogen and oxygen atoms in total. The van der Waals surface area contributed by atoms with Crippen LogP contribution in [0.15, 0.2) is 53.5 Å². The van der Waals surface area contributed by atoms with E-state index < -0.39 is 0 Å². The van der Waals surface area contributed by atoms with Gasteiger partial charge in [0.1, 0.15) is 0 Å². The van der Waals surface area contributed by atoms with Gasteiger partial charge in [0.05, 0.1) is 23.7 Å². The first-order chi connectivity index (χ1) is 10.7. The van der Waals surface area contributed by atoms with Gasteiger partial charge in [0.25, 0.3) is 0 Å². The summed E-state index contributed by atoms with van der Waals surface area (Å²) in [5, 5.41) is 0. The zero-order valence-electron chi connectivity index (χ0n) is 12.4. The third kappa shape index (κ3) is 2.61. The summed E-state index contributed by atoms with van der Waals surface area (Å²) < 4.78 is 6.61. The fraction of sp³-hybridized carbons (Fsp3) is 0.118. The number of esters is 1. The number of hydrogen-bond donors (Lipinski definition) is 0. The second-order valence-corrected chi connectivity index (χ2v) is 4.83. The highest BCUT2D eigenvalue weighted by molar-refractivity contribution is 5.91. The van der Waals surface area contributed by atoms with Gasteiger partial charge in [0.2, 0.25) is 5.95 Å². The van der Waals surface area contributed by atoms with Gasteiger partial charge in [-0.2, -0.15) is 0 Å². The van der Waals surface area contributed by atoms with Gasteiger partial charge >= 0.3 is 5.97 Å². The molecule has 2 aromatic carbocycles. The molecule has 1 aromatic heterocycles. The number of aromatic nitrogens is 2. The molecule has 0 spiro atoms. The summed E-state index contributed by atoms with van der Waals surface area (Å²) in [7, 11) is 3.30. The van der Waals surface area contributed by atoms with Crippen LogP contribution in [0.4, 0.5) is 5.95 Å². The smallest absolute Gasteiger partial charge is 0.337 e. The van der Waals surface area contributed by atoms with E-state index in [0.717, 1.165) is 16.6 Å². The monoisotopic (exact) mass is 293 g/mol. The average Bonchev–Trinajstić information content (AvgIpc) is 2.89. The maximum Gasteiger partial charge on any atom is 0.337 e. The number of carbonyl (C=O) groups is 1. The molecule has 22 heavy (non-hydrogen) atoms. The summed E-state index contributed by atoms with van der Waals surface area (Å²) in [4.78, 5) is 20.3. The predicted octanol–water partition coefficient (Wildman–Crippen LogP) is 3.11. The Hall–Kier alpha value is -2.95. The van der Waals surface area contributed by atoms with Crippen LogP contribution in [0.2, 0.25) is 0 Å². The van der Waals surface area contributed by atoms with Gasteiger partial charge in [-0.25, -0.2) is 14.8 Å². The van der Waals surface area contributed by atoms with Crippen LogP contribution in [0.1, 0.15) is 15.9 Å². The molecule has 3 aromatic rings. The molecule has 0 aliphatic heterocycles. The number of nitrogens with zero attached hydrogens (tertiary/aromatic N) is 3.